The number of nitro groups is 1. The summed E-state index contributed by atoms with van der Waals surface area (Å²) in [4.78, 5) is 55.4. The Balaban J connectivity index is 1.74. The van der Waals surface area contributed by atoms with Crippen LogP contribution in [0.4, 0.5) is 10.8 Å². The summed E-state index contributed by atoms with van der Waals surface area (Å²) in [6.45, 7) is 0. The van der Waals surface area contributed by atoms with Gasteiger partial charge < -0.3 is 24.9 Å². The average Bonchev–Trinajstić information content (AvgIpc) is 3.50. The van der Waals surface area contributed by atoms with Gasteiger partial charge in [-0.2, -0.15) is 0 Å². The molecule has 1 atom stereocenters. The lowest BCUT2D eigenvalue weighted by Gasteiger charge is -2.18. The fourth-order valence-electron chi connectivity index (χ4n) is 3.73. The van der Waals surface area contributed by atoms with Crippen LogP contribution in [0, 0.1) is 10.1 Å². The highest BCUT2D eigenvalue weighted by Crippen LogP contribution is 2.31. The first-order chi connectivity index (χ1) is 18.2. The molecule has 3 N–H and O–H groups in total. The Morgan fingerprint density at radius 1 is 1.24 bits per heavy atom. The van der Waals surface area contributed by atoms with Crippen LogP contribution in [0.15, 0.2) is 58.7 Å². The molecule has 1 amide bonds. The second-order valence-electron chi connectivity index (χ2n) is 7.89. The number of amides is 1. The van der Waals surface area contributed by atoms with E-state index in [-0.39, 0.29) is 28.6 Å². The SMILES string of the molecule is COC(=O)c1csc(NC(=O)C(Cc2cccc([N+](=O)[O-])c2)n2c(O)c(-c3ccc(OC)cc3)[nH]c2=O)n1. The molecule has 4 aromatic rings. The number of rotatable bonds is 9. The van der Waals surface area contributed by atoms with Crippen LogP contribution in [0.2, 0.25) is 0 Å². The topological polar surface area (TPSA) is 179 Å². The van der Waals surface area contributed by atoms with Gasteiger partial charge in [-0.3, -0.25) is 14.9 Å². The Morgan fingerprint density at radius 3 is 2.63 bits per heavy atom. The zero-order chi connectivity index (χ0) is 27.4. The van der Waals surface area contributed by atoms with Gasteiger partial charge in [-0.15, -0.1) is 11.3 Å². The van der Waals surface area contributed by atoms with Gasteiger partial charge in [0.05, 0.1) is 19.1 Å². The number of thiazole rings is 1. The molecule has 14 heteroatoms. The van der Waals surface area contributed by atoms with Crippen LogP contribution in [0.1, 0.15) is 22.1 Å². The van der Waals surface area contributed by atoms with Crippen molar-refractivity contribution in [3.63, 3.8) is 0 Å². The normalized spacial score (nSPS) is 11.5. The quantitative estimate of drug-likeness (QED) is 0.164. The molecule has 0 saturated carbocycles. The van der Waals surface area contributed by atoms with Crippen LogP contribution in [0.5, 0.6) is 11.6 Å². The summed E-state index contributed by atoms with van der Waals surface area (Å²) in [5, 5.41) is 26.3. The molecule has 0 spiro atoms. The monoisotopic (exact) mass is 539 g/mol. The van der Waals surface area contributed by atoms with Crippen molar-refractivity contribution in [1.29, 1.82) is 0 Å². The fraction of sp³-hybridized carbons (Fsp3) is 0.167. The zero-order valence-corrected chi connectivity index (χ0v) is 20.9. The van der Waals surface area contributed by atoms with Gasteiger partial charge in [-0.25, -0.2) is 19.1 Å². The second-order valence-corrected chi connectivity index (χ2v) is 8.75. The van der Waals surface area contributed by atoms with E-state index in [9.17, 15) is 29.6 Å². The molecule has 0 aliphatic rings. The number of methoxy groups -OCH3 is 2. The number of nitro benzene ring substituents is 1. The van der Waals surface area contributed by atoms with E-state index < -0.39 is 34.4 Å². The third kappa shape index (κ3) is 5.39. The van der Waals surface area contributed by atoms with Crippen molar-refractivity contribution in [2.45, 2.75) is 12.5 Å². The number of esters is 1. The van der Waals surface area contributed by atoms with Crippen molar-refractivity contribution >= 4 is 34.0 Å². The minimum atomic E-state index is -1.35. The van der Waals surface area contributed by atoms with Crippen LogP contribution < -0.4 is 15.7 Å². The smallest absolute Gasteiger partial charge is 0.357 e. The number of benzene rings is 2. The predicted octanol–water partition coefficient (Wildman–Crippen LogP) is 3.13. The maximum atomic E-state index is 13.4. The summed E-state index contributed by atoms with van der Waals surface area (Å²) in [6, 6.07) is 10.7. The average molecular weight is 540 g/mol. The number of hydrogen-bond donors (Lipinski definition) is 3. The van der Waals surface area contributed by atoms with Gasteiger partial charge in [-0.1, -0.05) is 12.1 Å². The number of nitrogens with zero attached hydrogens (tertiary/aromatic N) is 3. The number of aromatic amines is 1. The van der Waals surface area contributed by atoms with Gasteiger partial charge in [0, 0.05) is 29.5 Å². The number of non-ortho nitro benzene ring substituents is 1. The Bertz CT molecular complexity index is 1560. The number of carbonyl (C=O) groups is 2. The van der Waals surface area contributed by atoms with Crippen LogP contribution in [0.3, 0.4) is 0 Å². The summed E-state index contributed by atoms with van der Waals surface area (Å²) >= 11 is 0.958. The second kappa shape index (κ2) is 11.0. The number of H-pyrrole nitrogens is 1. The number of carbonyl (C=O) groups excluding carboxylic acids is 2. The van der Waals surface area contributed by atoms with Gasteiger partial charge in [-0.05, 0) is 29.8 Å². The van der Waals surface area contributed by atoms with Crippen molar-refractivity contribution in [1.82, 2.24) is 14.5 Å². The summed E-state index contributed by atoms with van der Waals surface area (Å²) in [5.41, 5.74) is -0.117. The van der Waals surface area contributed by atoms with Crippen molar-refractivity contribution < 1.29 is 29.1 Å². The molecule has 0 aliphatic carbocycles. The number of nitrogens with one attached hydrogen (secondary N) is 2. The Morgan fingerprint density at radius 2 is 1.97 bits per heavy atom. The molecule has 196 valence electrons. The molecule has 4 rings (SSSR count). The van der Waals surface area contributed by atoms with Crippen LogP contribution >= 0.6 is 11.3 Å². The first-order valence-corrected chi connectivity index (χ1v) is 11.9. The molecule has 0 radical (unpaired) electrons. The maximum Gasteiger partial charge on any atom is 0.357 e. The van der Waals surface area contributed by atoms with Gasteiger partial charge in [0.1, 0.15) is 17.5 Å². The molecule has 0 saturated heterocycles. The first-order valence-electron chi connectivity index (χ1n) is 11.0. The number of imidazole rings is 1. The lowest BCUT2D eigenvalue weighted by molar-refractivity contribution is -0.384. The lowest BCUT2D eigenvalue weighted by Crippen LogP contribution is -2.33. The standard InChI is InChI=1S/C24H21N5O8S/c1-36-16-8-6-14(7-9-16)19-21(31)28(24(33)26-19)18(11-13-4-3-5-15(10-13)29(34)35)20(30)27-23-25-17(12-38-23)22(32)37-2/h3-10,12,18,31H,11H2,1-2H3,(H,26,33)(H,25,27,30). The van der Waals surface area contributed by atoms with E-state index in [1.165, 1.54) is 37.8 Å². The van der Waals surface area contributed by atoms with Gasteiger partial charge in [0.2, 0.25) is 11.8 Å². The molecule has 13 nitrogen and oxygen atoms in total. The van der Waals surface area contributed by atoms with Crippen LogP contribution in [0.25, 0.3) is 11.3 Å². The summed E-state index contributed by atoms with van der Waals surface area (Å²) in [5.74, 6) is -1.40. The van der Waals surface area contributed by atoms with E-state index in [1.807, 2.05) is 0 Å². The molecule has 38 heavy (non-hydrogen) atoms. The number of aromatic hydroxyl groups is 1. The Labute approximate surface area is 218 Å². The number of ether oxygens (including phenoxy) is 2. The van der Waals surface area contributed by atoms with Crippen molar-refractivity contribution in [2.24, 2.45) is 0 Å². The van der Waals surface area contributed by atoms with Crippen molar-refractivity contribution in [2.75, 3.05) is 19.5 Å². The molecular weight excluding hydrogens is 518 g/mol. The van der Waals surface area contributed by atoms with E-state index in [2.05, 4.69) is 20.0 Å². The van der Waals surface area contributed by atoms with Gasteiger partial charge >= 0.3 is 11.7 Å². The van der Waals surface area contributed by atoms with Crippen molar-refractivity contribution in [3.8, 4) is 22.9 Å². The minimum absolute atomic E-state index is 0.0218. The summed E-state index contributed by atoms with van der Waals surface area (Å²) < 4.78 is 10.6. The highest BCUT2D eigenvalue weighted by Gasteiger charge is 2.29. The third-order valence-electron chi connectivity index (χ3n) is 5.57. The van der Waals surface area contributed by atoms with E-state index in [0.717, 1.165) is 15.9 Å². The molecule has 0 aliphatic heterocycles. The molecule has 2 aromatic heterocycles. The van der Waals surface area contributed by atoms with Gasteiger partial charge in [0.25, 0.3) is 5.69 Å². The van der Waals surface area contributed by atoms with E-state index in [0.29, 0.717) is 16.9 Å². The Kier molecular flexibility index (Phi) is 7.53. The zero-order valence-electron chi connectivity index (χ0n) is 20.0. The predicted molar refractivity (Wildman–Crippen MR) is 137 cm³/mol. The molecule has 0 fully saturated rings. The van der Waals surface area contributed by atoms with Crippen LogP contribution in [-0.2, 0) is 16.0 Å². The van der Waals surface area contributed by atoms with Gasteiger partial charge in [0.15, 0.2) is 10.8 Å². The van der Waals surface area contributed by atoms with E-state index in [1.54, 1.807) is 30.3 Å². The molecule has 1 unspecified atom stereocenters. The van der Waals surface area contributed by atoms with Crippen LogP contribution in [-0.4, -0.2) is 50.7 Å². The molecule has 0 bridgehead atoms. The van der Waals surface area contributed by atoms with Crippen molar-refractivity contribution in [3.05, 3.63) is 85.8 Å². The number of aromatic nitrogens is 3. The first kappa shape index (κ1) is 26.1. The lowest BCUT2D eigenvalue weighted by atomic mass is 10.0. The minimum Gasteiger partial charge on any atom is -0.497 e. The fourth-order valence-corrected chi connectivity index (χ4v) is 4.41. The Hall–Kier alpha value is -4.98. The highest BCUT2D eigenvalue weighted by atomic mass is 32.1. The molecular formula is C24H21N5O8S. The highest BCUT2D eigenvalue weighted by molar-refractivity contribution is 7.14. The summed E-state index contributed by atoms with van der Waals surface area (Å²) in [7, 11) is 2.69. The third-order valence-corrected chi connectivity index (χ3v) is 6.33. The molecule has 2 heterocycles. The van der Waals surface area contributed by atoms with E-state index >= 15 is 0 Å². The largest absolute Gasteiger partial charge is 0.497 e. The summed E-state index contributed by atoms with van der Waals surface area (Å²) in [6.07, 6.45) is -0.184. The number of hydrogen-bond acceptors (Lipinski definition) is 10. The van der Waals surface area contributed by atoms with E-state index in [4.69, 9.17) is 4.74 Å². The molecule has 2 aromatic carbocycles. The maximum absolute atomic E-state index is 13.4. The number of anilines is 1.